The normalized spacial score (nSPS) is 16.2. The fourth-order valence-corrected chi connectivity index (χ4v) is 4.30. The van der Waals surface area contributed by atoms with Gasteiger partial charge in [-0.1, -0.05) is 49.3 Å². The Kier molecular flexibility index (Phi) is 6.43. The second-order valence-electron chi connectivity index (χ2n) is 7.12. The van der Waals surface area contributed by atoms with Crippen molar-refractivity contribution in [2.45, 2.75) is 17.7 Å². The Morgan fingerprint density at radius 3 is 2.67 bits per heavy atom. The van der Waals surface area contributed by atoms with Crippen molar-refractivity contribution in [3.8, 4) is 5.82 Å². The van der Waals surface area contributed by atoms with E-state index < -0.39 is 17.2 Å². The van der Waals surface area contributed by atoms with Gasteiger partial charge in [0.2, 0.25) is 0 Å². The van der Waals surface area contributed by atoms with Crippen LogP contribution in [0.25, 0.3) is 5.82 Å². The second kappa shape index (κ2) is 9.14. The van der Waals surface area contributed by atoms with Crippen LogP contribution < -0.4 is 5.32 Å². The predicted octanol–water partition coefficient (Wildman–Crippen LogP) is 4.01. The number of nitrogens with zero attached hydrogens (tertiary/aromatic N) is 7. The van der Waals surface area contributed by atoms with Crippen LogP contribution in [0.3, 0.4) is 0 Å². The summed E-state index contributed by atoms with van der Waals surface area (Å²) in [4.78, 5) is 20.3. The van der Waals surface area contributed by atoms with Crippen molar-refractivity contribution in [2.24, 2.45) is 0 Å². The van der Waals surface area contributed by atoms with Gasteiger partial charge < -0.3 is 10.2 Å². The first-order chi connectivity index (χ1) is 15.7. The number of halogens is 2. The lowest BCUT2D eigenvalue weighted by Crippen LogP contribution is -2.32. The smallest absolute Gasteiger partial charge is 0.259 e. The van der Waals surface area contributed by atoms with Gasteiger partial charge in [0.25, 0.3) is 5.91 Å². The van der Waals surface area contributed by atoms with Crippen molar-refractivity contribution >= 4 is 41.7 Å². The predicted molar refractivity (Wildman–Crippen MR) is 131 cm³/mol. The van der Waals surface area contributed by atoms with Crippen LogP contribution in [0.15, 0.2) is 68.1 Å². The summed E-state index contributed by atoms with van der Waals surface area (Å²) in [6.45, 7) is 7.79. The van der Waals surface area contributed by atoms with Gasteiger partial charge in [0.1, 0.15) is 6.17 Å². The molecule has 3 unspecified atom stereocenters. The lowest BCUT2D eigenvalue weighted by Gasteiger charge is -2.35. The van der Waals surface area contributed by atoms with Crippen molar-refractivity contribution in [1.29, 1.82) is 0 Å². The number of aromatic nitrogens is 6. The van der Waals surface area contributed by atoms with E-state index >= 15 is 4.39 Å². The van der Waals surface area contributed by atoms with E-state index in [0.717, 1.165) is 0 Å². The number of carbonyl (C=O) groups excluding carboxylic acids is 1. The van der Waals surface area contributed by atoms with Crippen molar-refractivity contribution in [3.05, 3.63) is 84.3 Å². The number of allylic oxidation sites excluding steroid dienone is 1. The molecule has 0 spiro atoms. The van der Waals surface area contributed by atoms with Crippen LogP contribution in [0.5, 0.6) is 0 Å². The van der Waals surface area contributed by atoms with Crippen molar-refractivity contribution in [2.75, 3.05) is 5.32 Å². The van der Waals surface area contributed by atoms with Crippen molar-refractivity contribution < 1.29 is 9.18 Å². The highest BCUT2D eigenvalue weighted by Crippen LogP contribution is 2.44. The van der Waals surface area contributed by atoms with Gasteiger partial charge >= 0.3 is 0 Å². The summed E-state index contributed by atoms with van der Waals surface area (Å²) in [5, 5.41) is 13.2. The van der Waals surface area contributed by atoms with E-state index in [0.29, 0.717) is 23.6 Å². The van der Waals surface area contributed by atoms with Gasteiger partial charge in [-0.2, -0.15) is 15.3 Å². The molecule has 0 saturated heterocycles. The molecule has 4 heterocycles. The molecule has 4 rings (SSSR count). The maximum atomic E-state index is 15.3. The molecule has 0 radical (unpaired) electrons. The Morgan fingerprint density at radius 1 is 1.30 bits per heavy atom. The van der Waals surface area contributed by atoms with E-state index in [1.165, 1.54) is 40.3 Å². The molecule has 3 aromatic rings. The largest absolute Gasteiger partial charge is 0.326 e. The first-order valence-corrected chi connectivity index (χ1v) is 11.2. The summed E-state index contributed by atoms with van der Waals surface area (Å²) in [5.41, 5.74) is 1.11. The van der Waals surface area contributed by atoms with Gasteiger partial charge in [-0.05, 0) is 18.3 Å². The van der Waals surface area contributed by atoms with Crippen LogP contribution in [0, 0.1) is 0 Å². The quantitative estimate of drug-likeness (QED) is 0.510. The summed E-state index contributed by atoms with van der Waals surface area (Å²) in [5.74, 6) is -0.262. The number of rotatable bonds is 6. The van der Waals surface area contributed by atoms with Crippen molar-refractivity contribution in [1.82, 2.24) is 34.7 Å². The molecule has 1 aliphatic heterocycles. The second-order valence-corrected chi connectivity index (χ2v) is 9.88. The SMILES string of the molecule is C=CN1C(=C)C=CCC1n1ncc(C(=O)Nc2cnc(-n3nccn3)c(Cl)c2)c1C(F)(P)P. The molecular weight excluding hydrogens is 485 g/mol. The van der Waals surface area contributed by atoms with Gasteiger partial charge in [0.05, 0.1) is 46.8 Å². The number of alkyl halides is 1. The molecule has 33 heavy (non-hydrogen) atoms. The van der Waals surface area contributed by atoms with Crippen molar-refractivity contribution in [3.63, 3.8) is 0 Å². The monoisotopic (exact) mass is 504 g/mol. The molecule has 1 amide bonds. The maximum Gasteiger partial charge on any atom is 0.259 e. The van der Waals surface area contributed by atoms with Crippen LogP contribution in [0.2, 0.25) is 5.02 Å². The highest BCUT2D eigenvalue weighted by Gasteiger charge is 2.35. The topological polar surface area (TPSA) is 93.8 Å². The van der Waals surface area contributed by atoms with Gasteiger partial charge in [-0.15, -0.1) is 4.80 Å². The molecule has 1 N–H and O–H groups in total. The minimum atomic E-state index is -2.02. The molecule has 170 valence electrons. The number of carbonyl (C=O) groups is 1. The maximum absolute atomic E-state index is 15.3. The standard InChI is InChI=1S/C20H20ClFN8OP2/c1-3-28-12(2)5-4-6-16(28)29-17(20(22,32)33)14(11-26-29)19(31)27-13-9-15(21)18(23-10-13)30-24-7-8-25-30/h3-5,7-11,16H,1-2,6,32-33H2,(H,27,31). The molecule has 0 aliphatic carbocycles. The lowest BCUT2D eigenvalue weighted by molar-refractivity contribution is 0.102. The third-order valence-electron chi connectivity index (χ3n) is 4.88. The van der Waals surface area contributed by atoms with E-state index in [9.17, 15) is 4.79 Å². The zero-order chi connectivity index (χ0) is 23.8. The molecule has 3 atom stereocenters. The molecule has 13 heteroatoms. The average Bonchev–Trinajstić information content (AvgIpc) is 3.43. The first-order valence-electron chi connectivity index (χ1n) is 9.65. The molecular formula is C20H20ClFN8OP2. The van der Waals surface area contributed by atoms with E-state index in [-0.39, 0.29) is 16.3 Å². The Balaban J connectivity index is 1.66. The Morgan fingerprint density at radius 2 is 2.03 bits per heavy atom. The number of anilines is 1. The van der Waals surface area contributed by atoms with Crippen LogP contribution in [-0.4, -0.2) is 40.6 Å². The lowest BCUT2D eigenvalue weighted by atomic mass is 10.1. The third kappa shape index (κ3) is 4.60. The fourth-order valence-electron chi connectivity index (χ4n) is 3.48. The van der Waals surface area contributed by atoms with Gasteiger partial charge in [0, 0.05) is 12.1 Å². The number of pyridine rings is 1. The number of hydrogen-bond acceptors (Lipinski definition) is 6. The Bertz CT molecular complexity index is 1250. The molecule has 0 saturated carbocycles. The number of amides is 1. The van der Waals surface area contributed by atoms with E-state index in [1.54, 1.807) is 11.1 Å². The zero-order valence-corrected chi connectivity index (χ0v) is 20.3. The van der Waals surface area contributed by atoms with E-state index in [2.05, 4.69) is 57.2 Å². The summed E-state index contributed by atoms with van der Waals surface area (Å²) in [6.07, 6.45) is 11.2. The minimum Gasteiger partial charge on any atom is -0.326 e. The summed E-state index contributed by atoms with van der Waals surface area (Å²) >= 11 is 6.28. The molecule has 0 fully saturated rings. The third-order valence-corrected chi connectivity index (χ3v) is 5.70. The Labute approximate surface area is 198 Å². The van der Waals surface area contributed by atoms with Gasteiger partial charge in [-0.25, -0.2) is 14.1 Å². The van der Waals surface area contributed by atoms with Crippen LogP contribution in [0.1, 0.15) is 28.6 Å². The van der Waals surface area contributed by atoms with E-state index in [4.69, 9.17) is 11.6 Å². The highest BCUT2D eigenvalue weighted by molar-refractivity contribution is 7.38. The Hall–Kier alpha value is -2.93. The summed E-state index contributed by atoms with van der Waals surface area (Å²) in [7, 11) is 4.17. The van der Waals surface area contributed by atoms with Crippen LogP contribution >= 0.6 is 30.1 Å². The summed E-state index contributed by atoms with van der Waals surface area (Å²) in [6, 6.07) is 1.51. The molecule has 0 bridgehead atoms. The molecule has 0 aromatic carbocycles. The van der Waals surface area contributed by atoms with Crippen LogP contribution in [-0.2, 0) is 5.15 Å². The van der Waals surface area contributed by atoms with Gasteiger partial charge in [-0.3, -0.25) is 4.79 Å². The number of nitrogens with one attached hydrogen (secondary N) is 1. The average molecular weight is 505 g/mol. The molecule has 9 nitrogen and oxygen atoms in total. The highest BCUT2D eigenvalue weighted by atomic mass is 35.5. The minimum absolute atomic E-state index is 0.0561. The zero-order valence-electron chi connectivity index (χ0n) is 17.3. The number of hydrogen-bond donors (Lipinski definition) is 1. The van der Waals surface area contributed by atoms with Gasteiger partial charge in [0.15, 0.2) is 11.0 Å². The van der Waals surface area contributed by atoms with E-state index in [1.807, 2.05) is 12.2 Å². The van der Waals surface area contributed by atoms with Crippen LogP contribution in [0.4, 0.5) is 10.1 Å². The molecule has 3 aromatic heterocycles. The summed E-state index contributed by atoms with van der Waals surface area (Å²) < 4.78 is 16.7. The fraction of sp³-hybridized carbons (Fsp3) is 0.150. The molecule has 1 aliphatic rings. The first kappa shape index (κ1) is 23.2.